The molecule has 0 aromatic heterocycles. The molecule has 1 aromatic carbocycles. The van der Waals surface area contributed by atoms with Crippen LogP contribution in [-0.2, 0) is 14.4 Å². The molecule has 24 heavy (non-hydrogen) atoms. The van der Waals surface area contributed by atoms with Gasteiger partial charge < -0.3 is 19.6 Å². The number of hydrogen-bond donors (Lipinski definition) is 1. The van der Waals surface area contributed by atoms with E-state index in [4.69, 9.17) is 9.84 Å². The van der Waals surface area contributed by atoms with Gasteiger partial charge in [0, 0.05) is 30.5 Å². The van der Waals surface area contributed by atoms with Gasteiger partial charge in [0.25, 0.3) is 5.91 Å². The number of carbonyl (C=O) groups is 3. The Balaban J connectivity index is 1.63. The van der Waals surface area contributed by atoms with E-state index in [1.165, 1.54) is 0 Å². The first-order valence-electron chi connectivity index (χ1n) is 7.69. The Morgan fingerprint density at radius 3 is 2.88 bits per heavy atom. The van der Waals surface area contributed by atoms with Crippen molar-refractivity contribution < 1.29 is 24.2 Å². The minimum Gasteiger partial charge on any atom is -0.482 e. The summed E-state index contributed by atoms with van der Waals surface area (Å²) in [6.45, 7) is 0.900. The maximum absolute atomic E-state index is 12.3. The van der Waals surface area contributed by atoms with Gasteiger partial charge in [-0.25, -0.2) is 0 Å². The lowest BCUT2D eigenvalue weighted by Gasteiger charge is -2.29. The van der Waals surface area contributed by atoms with Gasteiger partial charge in [-0.15, -0.1) is 0 Å². The summed E-state index contributed by atoms with van der Waals surface area (Å²) < 4.78 is 6.26. The fourth-order valence-corrected chi connectivity index (χ4v) is 3.32. The Morgan fingerprint density at radius 2 is 2.17 bits per heavy atom. The van der Waals surface area contributed by atoms with E-state index in [9.17, 15) is 14.4 Å². The van der Waals surface area contributed by atoms with Crippen molar-refractivity contribution in [2.24, 2.45) is 5.92 Å². The second-order valence-electron chi connectivity index (χ2n) is 5.86. The van der Waals surface area contributed by atoms with E-state index in [0.29, 0.717) is 24.4 Å². The van der Waals surface area contributed by atoms with Gasteiger partial charge in [0.2, 0.25) is 5.91 Å². The quantitative estimate of drug-likeness (QED) is 0.832. The summed E-state index contributed by atoms with van der Waals surface area (Å²) in [6.07, 6.45) is 0.641. The maximum Gasteiger partial charge on any atom is 0.308 e. The molecule has 1 aromatic rings. The molecule has 0 aliphatic carbocycles. The van der Waals surface area contributed by atoms with Gasteiger partial charge in [-0.1, -0.05) is 15.9 Å². The molecule has 1 atom stereocenters. The smallest absolute Gasteiger partial charge is 0.308 e. The zero-order valence-electron chi connectivity index (χ0n) is 12.9. The summed E-state index contributed by atoms with van der Waals surface area (Å²) in [4.78, 5) is 38.5. The van der Waals surface area contributed by atoms with E-state index < -0.39 is 11.9 Å². The van der Waals surface area contributed by atoms with Crippen molar-refractivity contribution in [1.82, 2.24) is 4.90 Å². The predicted molar refractivity (Wildman–Crippen MR) is 88.9 cm³/mol. The van der Waals surface area contributed by atoms with E-state index in [-0.39, 0.29) is 37.9 Å². The molecular weight excluding hydrogens is 380 g/mol. The first kappa shape index (κ1) is 16.8. The number of anilines is 1. The normalized spacial score (nSPS) is 19.9. The van der Waals surface area contributed by atoms with Crippen molar-refractivity contribution >= 4 is 39.4 Å². The lowest BCUT2D eigenvalue weighted by molar-refractivity contribution is -0.141. The number of nitrogens with zero attached hydrogens (tertiary/aromatic N) is 2. The number of ether oxygens (including phenoxy) is 1. The SMILES string of the molecule is O=C(O)[C@H]1CCN(C(=O)CCN2C(=O)COc3cc(Br)ccc32)C1. The van der Waals surface area contributed by atoms with Crippen LogP contribution in [0.25, 0.3) is 0 Å². The largest absolute Gasteiger partial charge is 0.482 e. The van der Waals surface area contributed by atoms with Crippen molar-refractivity contribution in [1.29, 1.82) is 0 Å². The van der Waals surface area contributed by atoms with Crippen LogP contribution < -0.4 is 9.64 Å². The van der Waals surface area contributed by atoms with Crippen LogP contribution in [0, 0.1) is 5.92 Å². The van der Waals surface area contributed by atoms with Gasteiger partial charge in [0.15, 0.2) is 6.61 Å². The number of aliphatic carboxylic acids is 1. The summed E-state index contributed by atoms with van der Waals surface area (Å²) in [5, 5.41) is 9.00. The highest BCUT2D eigenvalue weighted by atomic mass is 79.9. The topological polar surface area (TPSA) is 87.2 Å². The maximum atomic E-state index is 12.3. The average molecular weight is 397 g/mol. The molecule has 1 saturated heterocycles. The third kappa shape index (κ3) is 3.38. The van der Waals surface area contributed by atoms with Crippen molar-refractivity contribution in [3.8, 4) is 5.75 Å². The van der Waals surface area contributed by atoms with Crippen molar-refractivity contribution in [3.63, 3.8) is 0 Å². The molecule has 0 unspecified atom stereocenters. The Hall–Kier alpha value is -2.09. The van der Waals surface area contributed by atoms with Crippen LogP contribution in [-0.4, -0.2) is 54.0 Å². The van der Waals surface area contributed by atoms with E-state index in [0.717, 1.165) is 4.47 Å². The number of carboxylic acids is 1. The van der Waals surface area contributed by atoms with Crippen LogP contribution in [0.15, 0.2) is 22.7 Å². The molecule has 2 aliphatic heterocycles. The van der Waals surface area contributed by atoms with E-state index in [2.05, 4.69) is 15.9 Å². The highest BCUT2D eigenvalue weighted by Crippen LogP contribution is 2.34. The second-order valence-corrected chi connectivity index (χ2v) is 6.78. The number of fused-ring (bicyclic) bond motifs is 1. The van der Waals surface area contributed by atoms with Crippen molar-refractivity contribution in [3.05, 3.63) is 22.7 Å². The minimum atomic E-state index is -0.867. The van der Waals surface area contributed by atoms with Gasteiger partial charge in [-0.2, -0.15) is 0 Å². The number of rotatable bonds is 4. The molecule has 1 N–H and O–H groups in total. The monoisotopic (exact) mass is 396 g/mol. The number of amides is 2. The number of hydrogen-bond acceptors (Lipinski definition) is 4. The number of carbonyl (C=O) groups excluding carboxylic acids is 2. The second kappa shape index (κ2) is 6.80. The lowest BCUT2D eigenvalue weighted by atomic mass is 10.1. The molecule has 0 bridgehead atoms. The van der Waals surface area contributed by atoms with Gasteiger partial charge >= 0.3 is 5.97 Å². The Bertz CT molecular complexity index is 693. The molecule has 0 spiro atoms. The van der Waals surface area contributed by atoms with Gasteiger partial charge in [0.1, 0.15) is 5.75 Å². The summed E-state index contributed by atoms with van der Waals surface area (Å²) >= 11 is 3.36. The molecule has 2 aliphatic rings. The van der Waals surface area contributed by atoms with Crippen LogP contribution in [0.5, 0.6) is 5.75 Å². The number of carboxylic acid groups (broad SMARTS) is 1. The van der Waals surface area contributed by atoms with Crippen LogP contribution in [0.4, 0.5) is 5.69 Å². The molecule has 2 amide bonds. The first-order valence-corrected chi connectivity index (χ1v) is 8.48. The lowest BCUT2D eigenvalue weighted by Crippen LogP contribution is -2.41. The van der Waals surface area contributed by atoms with Crippen LogP contribution in [0.2, 0.25) is 0 Å². The van der Waals surface area contributed by atoms with E-state index in [1.807, 2.05) is 6.07 Å². The fraction of sp³-hybridized carbons (Fsp3) is 0.438. The van der Waals surface area contributed by atoms with Crippen molar-refractivity contribution in [2.75, 3.05) is 31.1 Å². The molecule has 2 heterocycles. The van der Waals surface area contributed by atoms with Crippen LogP contribution in [0.1, 0.15) is 12.8 Å². The van der Waals surface area contributed by atoms with Gasteiger partial charge in [-0.3, -0.25) is 14.4 Å². The first-order chi connectivity index (χ1) is 11.5. The van der Waals surface area contributed by atoms with E-state index >= 15 is 0 Å². The van der Waals surface area contributed by atoms with Crippen molar-refractivity contribution in [2.45, 2.75) is 12.8 Å². The third-order valence-corrected chi connectivity index (χ3v) is 4.80. The highest BCUT2D eigenvalue weighted by molar-refractivity contribution is 9.10. The summed E-state index contributed by atoms with van der Waals surface area (Å²) in [7, 11) is 0. The Kier molecular flexibility index (Phi) is 4.75. The predicted octanol–water partition coefficient (Wildman–Crippen LogP) is 1.50. The number of likely N-dealkylation sites (tertiary alicyclic amines) is 1. The minimum absolute atomic E-state index is 0.0531. The molecule has 0 saturated carbocycles. The standard InChI is InChI=1S/C16H17BrN2O5/c17-11-1-2-12-13(7-11)24-9-15(21)19(12)6-4-14(20)18-5-3-10(8-18)16(22)23/h1-2,7,10H,3-6,8-9H2,(H,22,23)/t10-/m0/s1. The molecule has 3 rings (SSSR count). The van der Waals surface area contributed by atoms with E-state index in [1.54, 1.807) is 21.9 Å². The summed E-state index contributed by atoms with van der Waals surface area (Å²) in [6, 6.07) is 5.37. The fourth-order valence-electron chi connectivity index (χ4n) is 2.98. The van der Waals surface area contributed by atoms with Crippen LogP contribution in [0.3, 0.4) is 0 Å². The zero-order valence-corrected chi connectivity index (χ0v) is 14.5. The third-order valence-electron chi connectivity index (χ3n) is 4.30. The molecule has 0 radical (unpaired) electrons. The molecular formula is C16H17BrN2O5. The zero-order chi connectivity index (χ0) is 17.3. The average Bonchev–Trinajstić information content (AvgIpc) is 3.04. The summed E-state index contributed by atoms with van der Waals surface area (Å²) in [5.74, 6) is -1.08. The van der Waals surface area contributed by atoms with Gasteiger partial charge in [0.05, 0.1) is 11.6 Å². The number of benzene rings is 1. The van der Waals surface area contributed by atoms with Crippen LogP contribution >= 0.6 is 15.9 Å². The Morgan fingerprint density at radius 1 is 1.38 bits per heavy atom. The molecule has 7 nitrogen and oxygen atoms in total. The highest BCUT2D eigenvalue weighted by Gasteiger charge is 2.32. The Labute approximate surface area is 147 Å². The molecule has 8 heteroatoms. The molecule has 128 valence electrons. The molecule has 1 fully saturated rings. The summed E-state index contributed by atoms with van der Waals surface area (Å²) in [5.41, 5.74) is 0.645. The number of halogens is 1. The van der Waals surface area contributed by atoms with Gasteiger partial charge in [-0.05, 0) is 24.6 Å².